The summed E-state index contributed by atoms with van der Waals surface area (Å²) in [5, 5.41) is 12.3. The molecule has 0 fully saturated rings. The number of hydrogen-bond donors (Lipinski definition) is 2. The highest BCUT2D eigenvalue weighted by Crippen LogP contribution is 2.25. The summed E-state index contributed by atoms with van der Waals surface area (Å²) in [5.74, 6) is -0.0481. The Morgan fingerprint density at radius 2 is 1.57 bits per heavy atom. The number of halogens is 1. The van der Waals surface area contributed by atoms with Gasteiger partial charge in [-0.05, 0) is 33.2 Å². The van der Waals surface area contributed by atoms with E-state index in [1.165, 1.54) is 16.2 Å². The lowest BCUT2D eigenvalue weighted by molar-refractivity contribution is 1.22. The number of guanidine groups is 1. The molecule has 0 aliphatic heterocycles. The molecule has 0 amide bonds. The molecule has 0 heterocycles. The van der Waals surface area contributed by atoms with Crippen molar-refractivity contribution in [1.29, 1.82) is 0 Å². The molecule has 4 nitrogen and oxygen atoms in total. The van der Waals surface area contributed by atoms with E-state index in [4.69, 9.17) is 11.5 Å². The molecule has 3 rings (SSSR count). The van der Waals surface area contributed by atoms with Gasteiger partial charge in [0, 0.05) is 0 Å². The number of fused-ring (bicyclic) bond motifs is 3. The fraction of sp³-hybridized carbons (Fsp3) is 0. The minimum Gasteiger partial charge on any atom is -0.369 e. The van der Waals surface area contributed by atoms with Gasteiger partial charge in [0.25, 0.3) is 0 Å². The fourth-order valence-corrected chi connectivity index (χ4v) is 2.27. The topological polar surface area (TPSA) is 76.8 Å². The van der Waals surface area contributed by atoms with Gasteiger partial charge >= 0.3 is 0 Å². The van der Waals surface area contributed by atoms with E-state index in [2.05, 4.69) is 52.7 Å². The summed E-state index contributed by atoms with van der Waals surface area (Å²) in [7, 11) is 0. The first kappa shape index (κ1) is 14.8. The van der Waals surface area contributed by atoms with E-state index in [0.29, 0.717) is 0 Å². The van der Waals surface area contributed by atoms with Gasteiger partial charge in [0.05, 0.1) is 6.21 Å². The Morgan fingerprint density at radius 3 is 2.38 bits per heavy atom. The predicted molar refractivity (Wildman–Crippen MR) is 92.1 cm³/mol. The van der Waals surface area contributed by atoms with Gasteiger partial charge in [-0.3, -0.25) is 0 Å². The molecule has 106 valence electrons. The number of nitrogens with zero attached hydrogens (tertiary/aromatic N) is 2. The van der Waals surface area contributed by atoms with Gasteiger partial charge in [-0.15, -0.1) is 17.5 Å². The molecule has 0 saturated heterocycles. The molecule has 5 heteroatoms. The maximum atomic E-state index is 5.22. The van der Waals surface area contributed by atoms with Crippen molar-refractivity contribution in [3.63, 3.8) is 0 Å². The van der Waals surface area contributed by atoms with Crippen molar-refractivity contribution in [3.8, 4) is 0 Å². The molecule has 0 saturated carbocycles. The molecule has 0 bridgehead atoms. The Labute approximate surface area is 128 Å². The number of benzene rings is 3. The van der Waals surface area contributed by atoms with Crippen LogP contribution in [-0.4, -0.2) is 12.2 Å². The molecule has 0 radical (unpaired) electrons. The van der Waals surface area contributed by atoms with Crippen LogP contribution in [0.25, 0.3) is 21.5 Å². The van der Waals surface area contributed by atoms with Gasteiger partial charge in [-0.2, -0.15) is 5.10 Å². The molecular formula is C16H15ClN4. The first-order valence-corrected chi connectivity index (χ1v) is 6.27. The van der Waals surface area contributed by atoms with Gasteiger partial charge < -0.3 is 11.5 Å². The summed E-state index contributed by atoms with van der Waals surface area (Å²) in [4.78, 5) is 0. The Balaban J connectivity index is 0.00000161. The van der Waals surface area contributed by atoms with Crippen LogP contribution in [-0.2, 0) is 0 Å². The smallest absolute Gasteiger partial charge is 0.211 e. The first-order chi connectivity index (χ1) is 9.74. The second kappa shape index (κ2) is 6.24. The molecule has 0 aliphatic rings. The highest BCUT2D eigenvalue weighted by molar-refractivity contribution is 6.08. The Hall–Kier alpha value is -2.59. The minimum atomic E-state index is -0.0481. The zero-order valence-corrected chi connectivity index (χ0v) is 12.0. The SMILES string of the molecule is Cl.NC(N)=N/N=C/c1ccc2c(ccc3ccccc32)c1. The van der Waals surface area contributed by atoms with Crippen LogP contribution >= 0.6 is 12.4 Å². The summed E-state index contributed by atoms with van der Waals surface area (Å²) in [6, 6.07) is 18.7. The van der Waals surface area contributed by atoms with Crippen molar-refractivity contribution in [2.75, 3.05) is 0 Å². The lowest BCUT2D eigenvalue weighted by atomic mass is 10.0. The van der Waals surface area contributed by atoms with E-state index in [9.17, 15) is 0 Å². The normalized spacial score (nSPS) is 10.7. The Morgan fingerprint density at radius 1 is 0.857 bits per heavy atom. The third-order valence-electron chi connectivity index (χ3n) is 3.15. The van der Waals surface area contributed by atoms with E-state index >= 15 is 0 Å². The molecule has 0 aliphatic carbocycles. The average molecular weight is 299 g/mol. The van der Waals surface area contributed by atoms with Crippen molar-refractivity contribution in [3.05, 3.63) is 60.2 Å². The van der Waals surface area contributed by atoms with Crippen LogP contribution in [0, 0.1) is 0 Å². The third-order valence-corrected chi connectivity index (χ3v) is 3.15. The molecule has 3 aromatic carbocycles. The second-order valence-corrected chi connectivity index (χ2v) is 4.54. The average Bonchev–Trinajstić information content (AvgIpc) is 2.46. The molecule has 0 unspecified atom stereocenters. The van der Waals surface area contributed by atoms with E-state index in [1.54, 1.807) is 6.21 Å². The zero-order chi connectivity index (χ0) is 13.9. The summed E-state index contributed by atoms with van der Waals surface area (Å²) in [5.41, 5.74) is 11.4. The second-order valence-electron chi connectivity index (χ2n) is 4.54. The molecule has 4 N–H and O–H groups in total. The predicted octanol–water partition coefficient (Wildman–Crippen LogP) is 3.02. The molecule has 21 heavy (non-hydrogen) atoms. The Bertz CT molecular complexity index is 836. The van der Waals surface area contributed by atoms with E-state index in [0.717, 1.165) is 10.9 Å². The van der Waals surface area contributed by atoms with E-state index in [-0.39, 0.29) is 18.4 Å². The van der Waals surface area contributed by atoms with Crippen molar-refractivity contribution in [2.45, 2.75) is 0 Å². The van der Waals surface area contributed by atoms with E-state index < -0.39 is 0 Å². The lowest BCUT2D eigenvalue weighted by Gasteiger charge is -2.04. The maximum Gasteiger partial charge on any atom is 0.211 e. The molecule has 0 aromatic heterocycles. The highest BCUT2D eigenvalue weighted by Gasteiger charge is 2.00. The molecular weight excluding hydrogens is 284 g/mol. The number of hydrogen-bond acceptors (Lipinski definition) is 2. The van der Waals surface area contributed by atoms with Crippen LogP contribution in [0.5, 0.6) is 0 Å². The largest absolute Gasteiger partial charge is 0.369 e. The van der Waals surface area contributed by atoms with Gasteiger partial charge in [0.2, 0.25) is 5.96 Å². The van der Waals surface area contributed by atoms with Gasteiger partial charge in [0.15, 0.2) is 0 Å². The van der Waals surface area contributed by atoms with Crippen LogP contribution in [0.15, 0.2) is 64.8 Å². The van der Waals surface area contributed by atoms with Gasteiger partial charge in [-0.25, -0.2) is 0 Å². The van der Waals surface area contributed by atoms with Crippen LogP contribution in [0.3, 0.4) is 0 Å². The summed E-state index contributed by atoms with van der Waals surface area (Å²) < 4.78 is 0. The summed E-state index contributed by atoms with van der Waals surface area (Å²) in [6.45, 7) is 0. The lowest BCUT2D eigenvalue weighted by Crippen LogP contribution is -2.21. The fourth-order valence-electron chi connectivity index (χ4n) is 2.27. The zero-order valence-electron chi connectivity index (χ0n) is 11.2. The standard InChI is InChI=1S/C16H14N4.ClH/c17-16(18)20-19-10-11-5-8-15-13(9-11)7-6-12-3-1-2-4-14(12)15;/h1-10H,(H4,17,18,20);1H/b19-10+;. The number of rotatable bonds is 2. The van der Waals surface area contributed by atoms with Crippen molar-refractivity contribution in [1.82, 2.24) is 0 Å². The molecule has 0 spiro atoms. The first-order valence-electron chi connectivity index (χ1n) is 6.27. The number of nitrogens with two attached hydrogens (primary N) is 2. The quantitative estimate of drug-likeness (QED) is 0.330. The van der Waals surface area contributed by atoms with Crippen molar-refractivity contribution in [2.24, 2.45) is 21.7 Å². The summed E-state index contributed by atoms with van der Waals surface area (Å²) >= 11 is 0. The van der Waals surface area contributed by atoms with Crippen molar-refractivity contribution < 1.29 is 0 Å². The monoisotopic (exact) mass is 298 g/mol. The van der Waals surface area contributed by atoms with Crippen LogP contribution < -0.4 is 11.5 Å². The minimum absolute atomic E-state index is 0. The van der Waals surface area contributed by atoms with Crippen LogP contribution in [0.2, 0.25) is 0 Å². The Kier molecular flexibility index (Phi) is 4.40. The van der Waals surface area contributed by atoms with E-state index in [1.807, 2.05) is 12.1 Å². The highest BCUT2D eigenvalue weighted by atomic mass is 35.5. The van der Waals surface area contributed by atoms with Gasteiger partial charge in [0.1, 0.15) is 0 Å². The maximum absolute atomic E-state index is 5.22. The van der Waals surface area contributed by atoms with Gasteiger partial charge in [-0.1, -0.05) is 48.5 Å². The third kappa shape index (κ3) is 3.12. The van der Waals surface area contributed by atoms with Crippen LogP contribution in [0.1, 0.15) is 5.56 Å². The molecule has 0 atom stereocenters. The molecule has 3 aromatic rings. The van der Waals surface area contributed by atoms with Crippen LogP contribution in [0.4, 0.5) is 0 Å². The summed E-state index contributed by atoms with van der Waals surface area (Å²) in [6.07, 6.45) is 1.63. The van der Waals surface area contributed by atoms with Crippen molar-refractivity contribution >= 4 is 46.1 Å².